The zero-order valence-electron chi connectivity index (χ0n) is 18.9. The average molecular weight is 446 g/mol. The normalized spacial score (nSPS) is 28.2. The van der Waals surface area contributed by atoms with Crippen molar-refractivity contribution >= 4 is 29.2 Å². The number of carbonyl (C=O) groups is 3. The maximum Gasteiger partial charge on any atom is 0.325 e. The van der Waals surface area contributed by atoms with Crippen molar-refractivity contribution < 1.29 is 14.4 Å². The van der Waals surface area contributed by atoms with Crippen molar-refractivity contribution in [3.05, 3.63) is 22.4 Å². The summed E-state index contributed by atoms with van der Waals surface area (Å²) in [5, 5.41) is 8.11. The molecule has 2 aliphatic carbocycles. The molecule has 1 aromatic heterocycles. The van der Waals surface area contributed by atoms with E-state index >= 15 is 0 Å². The Balaban J connectivity index is 1.40. The third kappa shape index (κ3) is 4.52. The topological polar surface area (TPSA) is 78.5 Å². The quantitative estimate of drug-likeness (QED) is 0.649. The molecule has 4 amide bonds. The van der Waals surface area contributed by atoms with Crippen LogP contribution in [0.2, 0.25) is 0 Å². The van der Waals surface area contributed by atoms with Crippen LogP contribution in [0.1, 0.15) is 83.1 Å². The molecular weight excluding hydrogens is 410 g/mol. The largest absolute Gasteiger partial charge is 0.347 e. The first-order chi connectivity index (χ1) is 14.7. The minimum absolute atomic E-state index is 0.0352. The highest BCUT2D eigenvalue weighted by molar-refractivity contribution is 7.10. The van der Waals surface area contributed by atoms with Gasteiger partial charge in [0, 0.05) is 4.88 Å². The van der Waals surface area contributed by atoms with E-state index in [0.717, 1.165) is 35.5 Å². The van der Waals surface area contributed by atoms with Crippen molar-refractivity contribution in [2.24, 2.45) is 17.3 Å². The van der Waals surface area contributed by atoms with E-state index in [0.29, 0.717) is 24.7 Å². The Morgan fingerprint density at radius 3 is 2.48 bits per heavy atom. The Labute approximate surface area is 189 Å². The van der Waals surface area contributed by atoms with Crippen molar-refractivity contribution in [3.63, 3.8) is 0 Å². The van der Waals surface area contributed by atoms with Crippen LogP contribution < -0.4 is 10.6 Å². The third-order valence-electron chi connectivity index (χ3n) is 7.65. The van der Waals surface area contributed by atoms with Crippen molar-refractivity contribution in [1.82, 2.24) is 15.5 Å². The predicted octanol–water partition coefficient (Wildman–Crippen LogP) is 4.62. The summed E-state index contributed by atoms with van der Waals surface area (Å²) in [4.78, 5) is 41.1. The van der Waals surface area contributed by atoms with Crippen LogP contribution in [0.4, 0.5) is 4.79 Å². The van der Waals surface area contributed by atoms with Crippen molar-refractivity contribution in [2.75, 3.05) is 6.54 Å². The zero-order chi connectivity index (χ0) is 22.2. The molecule has 4 rings (SSSR count). The van der Waals surface area contributed by atoms with E-state index in [2.05, 4.69) is 37.5 Å². The highest BCUT2D eigenvalue weighted by Gasteiger charge is 2.53. The lowest BCUT2D eigenvalue weighted by atomic mass is 9.67. The van der Waals surface area contributed by atoms with Crippen LogP contribution in [0.25, 0.3) is 0 Å². The van der Waals surface area contributed by atoms with Crippen LogP contribution in [0, 0.1) is 17.3 Å². The highest BCUT2D eigenvalue weighted by atomic mass is 32.1. The molecule has 1 spiro atoms. The van der Waals surface area contributed by atoms with Crippen LogP contribution in [0.15, 0.2) is 17.5 Å². The second kappa shape index (κ2) is 8.57. The standard InChI is InChI=1S/C24H35N3O3S/c1-23(2,3)17-10-12-24(13-11-17)21(29)27(22(30)26-24)15-19(28)25-20(16-7-4-5-8-16)18-9-6-14-31-18/h6,9,14,16-17,20H,4-5,7-8,10-13,15H2,1-3H3,(H,25,28)(H,26,30). The molecule has 2 heterocycles. The van der Waals surface area contributed by atoms with Gasteiger partial charge in [0.2, 0.25) is 5.91 Å². The van der Waals surface area contributed by atoms with E-state index in [1.165, 1.54) is 12.8 Å². The van der Waals surface area contributed by atoms with Crippen LogP contribution in [-0.4, -0.2) is 34.8 Å². The van der Waals surface area contributed by atoms with Gasteiger partial charge in [0.1, 0.15) is 12.1 Å². The van der Waals surface area contributed by atoms with Gasteiger partial charge in [-0.05, 0) is 67.2 Å². The molecule has 3 fully saturated rings. The molecular formula is C24H35N3O3S. The summed E-state index contributed by atoms with van der Waals surface area (Å²) in [5.41, 5.74) is -0.623. The highest BCUT2D eigenvalue weighted by Crippen LogP contribution is 2.43. The number of imide groups is 1. The molecule has 170 valence electrons. The van der Waals surface area contributed by atoms with E-state index in [4.69, 9.17) is 0 Å². The first-order valence-electron chi connectivity index (χ1n) is 11.7. The fourth-order valence-corrected chi connectivity index (χ4v) is 6.55. The number of nitrogens with one attached hydrogen (secondary N) is 2. The second-order valence-corrected chi connectivity index (χ2v) is 11.6. The summed E-state index contributed by atoms with van der Waals surface area (Å²) in [5.74, 6) is 0.477. The molecule has 1 aromatic rings. The Morgan fingerprint density at radius 1 is 1.23 bits per heavy atom. The molecule has 31 heavy (non-hydrogen) atoms. The Bertz CT molecular complexity index is 816. The maximum atomic E-state index is 13.2. The van der Waals surface area contributed by atoms with Crippen LogP contribution in [0.5, 0.6) is 0 Å². The third-order valence-corrected chi connectivity index (χ3v) is 8.60. The zero-order valence-corrected chi connectivity index (χ0v) is 19.7. The van der Waals surface area contributed by atoms with Crippen molar-refractivity contribution in [3.8, 4) is 0 Å². The van der Waals surface area contributed by atoms with Gasteiger partial charge in [-0.1, -0.05) is 39.7 Å². The number of amides is 4. The number of carbonyl (C=O) groups excluding carboxylic acids is 3. The molecule has 3 aliphatic rings. The molecule has 0 bridgehead atoms. The van der Waals surface area contributed by atoms with E-state index in [1.807, 2.05) is 11.4 Å². The number of urea groups is 1. The van der Waals surface area contributed by atoms with Gasteiger partial charge in [-0.25, -0.2) is 4.79 Å². The molecule has 1 atom stereocenters. The van der Waals surface area contributed by atoms with Gasteiger partial charge in [-0.2, -0.15) is 0 Å². The molecule has 1 unspecified atom stereocenters. The van der Waals surface area contributed by atoms with E-state index in [-0.39, 0.29) is 29.8 Å². The molecule has 1 saturated heterocycles. The number of nitrogens with zero attached hydrogens (tertiary/aromatic N) is 1. The van der Waals surface area contributed by atoms with Gasteiger partial charge in [-0.3, -0.25) is 14.5 Å². The summed E-state index contributed by atoms with van der Waals surface area (Å²) < 4.78 is 0. The number of hydrogen-bond donors (Lipinski definition) is 2. The summed E-state index contributed by atoms with van der Waals surface area (Å²) in [7, 11) is 0. The predicted molar refractivity (Wildman–Crippen MR) is 122 cm³/mol. The van der Waals surface area contributed by atoms with E-state index in [9.17, 15) is 14.4 Å². The summed E-state index contributed by atoms with van der Waals surface area (Å²) in [6.07, 6.45) is 7.71. The van der Waals surface area contributed by atoms with Gasteiger partial charge in [0.15, 0.2) is 0 Å². The molecule has 0 aromatic carbocycles. The van der Waals surface area contributed by atoms with E-state index in [1.54, 1.807) is 11.3 Å². The SMILES string of the molecule is CC(C)(C)C1CCC2(CC1)NC(=O)N(CC(=O)NC(c1cccs1)C1CCCC1)C2=O. The number of rotatable bonds is 5. The average Bonchev–Trinajstić information content (AvgIpc) is 3.46. The number of thiophene rings is 1. The Morgan fingerprint density at radius 2 is 1.90 bits per heavy atom. The summed E-state index contributed by atoms with van der Waals surface area (Å²) >= 11 is 1.65. The molecule has 7 heteroatoms. The molecule has 0 radical (unpaired) electrons. The van der Waals surface area contributed by atoms with Crippen molar-refractivity contribution in [1.29, 1.82) is 0 Å². The number of hydrogen-bond acceptors (Lipinski definition) is 4. The summed E-state index contributed by atoms with van der Waals surface area (Å²) in [6.45, 7) is 6.49. The Hall–Kier alpha value is -1.89. The molecule has 1 aliphatic heterocycles. The lowest BCUT2D eigenvalue weighted by Gasteiger charge is -2.40. The minimum Gasteiger partial charge on any atom is -0.347 e. The summed E-state index contributed by atoms with van der Waals surface area (Å²) in [6, 6.07) is 3.60. The van der Waals surface area contributed by atoms with Gasteiger partial charge in [0.25, 0.3) is 5.91 Å². The molecule has 6 nitrogen and oxygen atoms in total. The first-order valence-corrected chi connectivity index (χ1v) is 12.5. The van der Waals surface area contributed by atoms with E-state index < -0.39 is 11.6 Å². The van der Waals surface area contributed by atoms with Gasteiger partial charge in [0.05, 0.1) is 6.04 Å². The minimum atomic E-state index is -0.822. The second-order valence-electron chi connectivity index (χ2n) is 10.6. The molecule has 2 N–H and O–H groups in total. The monoisotopic (exact) mass is 445 g/mol. The lowest BCUT2D eigenvalue weighted by molar-refractivity contribution is -0.136. The van der Waals surface area contributed by atoms with Gasteiger partial charge < -0.3 is 10.6 Å². The van der Waals surface area contributed by atoms with Gasteiger partial charge >= 0.3 is 6.03 Å². The lowest BCUT2D eigenvalue weighted by Crippen LogP contribution is -2.51. The van der Waals surface area contributed by atoms with Gasteiger partial charge in [-0.15, -0.1) is 11.3 Å². The van der Waals surface area contributed by atoms with Crippen LogP contribution in [0.3, 0.4) is 0 Å². The fourth-order valence-electron chi connectivity index (χ4n) is 5.68. The fraction of sp³-hybridized carbons (Fsp3) is 0.708. The van der Waals surface area contributed by atoms with Crippen LogP contribution in [-0.2, 0) is 9.59 Å². The van der Waals surface area contributed by atoms with Crippen LogP contribution >= 0.6 is 11.3 Å². The maximum absolute atomic E-state index is 13.2. The Kier molecular flexibility index (Phi) is 6.16. The first kappa shape index (κ1) is 22.3. The molecule has 2 saturated carbocycles. The smallest absolute Gasteiger partial charge is 0.325 e. The van der Waals surface area contributed by atoms with Crippen molar-refractivity contribution in [2.45, 2.75) is 83.7 Å².